The van der Waals surface area contributed by atoms with Crippen molar-refractivity contribution in [3.63, 3.8) is 0 Å². The van der Waals surface area contributed by atoms with Gasteiger partial charge in [-0.2, -0.15) is 0 Å². The van der Waals surface area contributed by atoms with Gasteiger partial charge in [-0.1, -0.05) is 17.7 Å². The van der Waals surface area contributed by atoms with E-state index in [0.29, 0.717) is 11.0 Å². The van der Waals surface area contributed by atoms with Crippen molar-refractivity contribution in [3.05, 3.63) is 77.6 Å². The van der Waals surface area contributed by atoms with E-state index in [0.717, 1.165) is 22.2 Å². The van der Waals surface area contributed by atoms with Gasteiger partial charge in [0.15, 0.2) is 0 Å². The van der Waals surface area contributed by atoms with Crippen LogP contribution in [0.25, 0.3) is 10.9 Å². The monoisotopic (exact) mass is 324 g/mol. The van der Waals surface area contributed by atoms with Gasteiger partial charge in [-0.15, -0.1) is 0 Å². The number of aromatic nitrogens is 3. The van der Waals surface area contributed by atoms with E-state index in [1.807, 2.05) is 36.5 Å². The molecule has 3 aromatic heterocycles. The second-order valence-corrected chi connectivity index (χ2v) is 5.54. The molecule has 1 unspecified atom stereocenters. The number of anilines is 1. The highest BCUT2D eigenvalue weighted by atomic mass is 35.5. The van der Waals surface area contributed by atoms with Crippen LogP contribution in [0.15, 0.2) is 65.7 Å². The maximum atomic E-state index is 6.06. The minimum absolute atomic E-state index is 0.206. The van der Waals surface area contributed by atoms with Crippen LogP contribution in [0.3, 0.4) is 0 Å². The van der Waals surface area contributed by atoms with Crippen molar-refractivity contribution in [1.82, 2.24) is 15.0 Å². The van der Waals surface area contributed by atoms with E-state index in [2.05, 4.69) is 20.3 Å². The van der Waals surface area contributed by atoms with Crippen LogP contribution < -0.4 is 5.32 Å². The third-order valence-corrected chi connectivity index (χ3v) is 3.89. The minimum atomic E-state index is -0.206. The summed E-state index contributed by atoms with van der Waals surface area (Å²) in [4.78, 5) is 11.7. The average molecular weight is 325 g/mol. The highest BCUT2D eigenvalue weighted by molar-refractivity contribution is 6.31. The summed E-state index contributed by atoms with van der Waals surface area (Å²) in [5.41, 5.74) is 2.01. The molecule has 0 bridgehead atoms. The van der Waals surface area contributed by atoms with Crippen LogP contribution in [0.2, 0.25) is 5.02 Å². The maximum Gasteiger partial charge on any atom is 0.223 e. The second kappa shape index (κ2) is 5.78. The lowest BCUT2D eigenvalue weighted by atomic mass is 10.0. The Labute approximate surface area is 137 Å². The number of H-pyrrole nitrogens is 1. The first kappa shape index (κ1) is 13.8. The Morgan fingerprint density at radius 2 is 2.00 bits per heavy atom. The van der Waals surface area contributed by atoms with E-state index in [1.54, 1.807) is 24.7 Å². The van der Waals surface area contributed by atoms with Gasteiger partial charge in [0.25, 0.3) is 0 Å². The first-order chi connectivity index (χ1) is 11.3. The molecular weight excluding hydrogens is 312 g/mol. The molecule has 2 N–H and O–H groups in total. The molecule has 6 heteroatoms. The number of furan rings is 1. The lowest BCUT2D eigenvalue weighted by Crippen LogP contribution is -2.13. The van der Waals surface area contributed by atoms with E-state index >= 15 is 0 Å². The van der Waals surface area contributed by atoms with Crippen LogP contribution >= 0.6 is 11.6 Å². The molecule has 0 spiro atoms. The van der Waals surface area contributed by atoms with Crippen molar-refractivity contribution in [1.29, 1.82) is 0 Å². The van der Waals surface area contributed by atoms with Crippen LogP contribution in [-0.4, -0.2) is 15.0 Å². The second-order valence-electron chi connectivity index (χ2n) is 5.10. The van der Waals surface area contributed by atoms with Crippen molar-refractivity contribution in [2.45, 2.75) is 6.04 Å². The van der Waals surface area contributed by atoms with Gasteiger partial charge in [0.05, 0.1) is 6.26 Å². The van der Waals surface area contributed by atoms with Crippen molar-refractivity contribution in [2.75, 3.05) is 5.32 Å². The zero-order valence-electron chi connectivity index (χ0n) is 12.0. The van der Waals surface area contributed by atoms with Crippen LogP contribution in [0.1, 0.15) is 17.4 Å². The number of aromatic amines is 1. The molecule has 3 heterocycles. The van der Waals surface area contributed by atoms with E-state index in [9.17, 15) is 0 Å². The van der Waals surface area contributed by atoms with Crippen LogP contribution in [0.4, 0.5) is 5.95 Å². The number of benzene rings is 1. The highest BCUT2D eigenvalue weighted by Crippen LogP contribution is 2.32. The summed E-state index contributed by atoms with van der Waals surface area (Å²) in [6.45, 7) is 0. The Bertz CT molecular complexity index is 918. The number of hydrogen-bond donors (Lipinski definition) is 2. The third kappa shape index (κ3) is 2.66. The highest BCUT2D eigenvalue weighted by Gasteiger charge is 2.21. The lowest BCUT2D eigenvalue weighted by molar-refractivity contribution is 0.499. The molecule has 0 amide bonds. The van der Waals surface area contributed by atoms with Gasteiger partial charge in [-0.05, 0) is 30.3 Å². The first-order valence-corrected chi connectivity index (χ1v) is 7.52. The summed E-state index contributed by atoms with van der Waals surface area (Å²) in [7, 11) is 0. The quantitative estimate of drug-likeness (QED) is 0.583. The zero-order valence-corrected chi connectivity index (χ0v) is 12.8. The fourth-order valence-corrected chi connectivity index (χ4v) is 2.79. The smallest absolute Gasteiger partial charge is 0.223 e. The summed E-state index contributed by atoms with van der Waals surface area (Å²) in [5.74, 6) is 1.32. The summed E-state index contributed by atoms with van der Waals surface area (Å²) in [5, 5.41) is 5.08. The topological polar surface area (TPSA) is 66.7 Å². The predicted octanol–water partition coefficient (Wildman–Crippen LogP) is 4.41. The Morgan fingerprint density at radius 3 is 2.78 bits per heavy atom. The summed E-state index contributed by atoms with van der Waals surface area (Å²) in [6, 6.07) is 11.1. The molecule has 0 aliphatic heterocycles. The molecule has 1 aromatic carbocycles. The summed E-state index contributed by atoms with van der Waals surface area (Å²) < 4.78 is 5.61. The van der Waals surface area contributed by atoms with Crippen LogP contribution in [0.5, 0.6) is 0 Å². The molecule has 0 aliphatic rings. The molecular formula is C17H13ClN4O. The molecule has 0 fully saturated rings. The summed E-state index contributed by atoms with van der Waals surface area (Å²) >= 11 is 6.06. The normalized spacial score (nSPS) is 12.4. The van der Waals surface area contributed by atoms with Crippen molar-refractivity contribution >= 4 is 28.5 Å². The van der Waals surface area contributed by atoms with Crippen LogP contribution in [-0.2, 0) is 0 Å². The molecule has 1 atom stereocenters. The molecule has 0 aliphatic carbocycles. The fourth-order valence-electron chi connectivity index (χ4n) is 2.62. The molecule has 114 valence electrons. The SMILES string of the molecule is Clc1ccc2c(C(Nc3ncccn3)c3ccco3)c[nH]c2c1. The minimum Gasteiger partial charge on any atom is -0.467 e. The van der Waals surface area contributed by atoms with E-state index < -0.39 is 0 Å². The largest absolute Gasteiger partial charge is 0.467 e. The average Bonchev–Trinajstić information content (AvgIpc) is 3.23. The number of halogens is 1. The Morgan fingerprint density at radius 1 is 1.13 bits per heavy atom. The number of hydrogen-bond acceptors (Lipinski definition) is 4. The number of nitrogens with one attached hydrogen (secondary N) is 2. The van der Waals surface area contributed by atoms with Gasteiger partial charge in [0.2, 0.25) is 5.95 Å². The van der Waals surface area contributed by atoms with Gasteiger partial charge in [-0.3, -0.25) is 0 Å². The Hall–Kier alpha value is -2.79. The lowest BCUT2D eigenvalue weighted by Gasteiger charge is -2.16. The Kier molecular flexibility index (Phi) is 3.48. The van der Waals surface area contributed by atoms with E-state index in [1.165, 1.54) is 0 Å². The number of fused-ring (bicyclic) bond motifs is 1. The van der Waals surface area contributed by atoms with Gasteiger partial charge in [0, 0.05) is 40.1 Å². The molecule has 0 saturated carbocycles. The third-order valence-electron chi connectivity index (χ3n) is 3.65. The molecule has 0 radical (unpaired) electrons. The van der Waals surface area contributed by atoms with Crippen molar-refractivity contribution in [2.24, 2.45) is 0 Å². The molecule has 0 saturated heterocycles. The number of nitrogens with zero attached hydrogens (tertiary/aromatic N) is 2. The molecule has 4 rings (SSSR count). The standard InChI is InChI=1S/C17H13ClN4O/c18-11-4-5-12-13(10-21-14(12)9-11)16(15-3-1-8-23-15)22-17-19-6-2-7-20-17/h1-10,16,21H,(H,19,20,22). The van der Waals surface area contributed by atoms with Crippen LogP contribution in [0, 0.1) is 0 Å². The van der Waals surface area contributed by atoms with E-state index in [-0.39, 0.29) is 6.04 Å². The molecule has 4 aromatic rings. The van der Waals surface area contributed by atoms with E-state index in [4.69, 9.17) is 16.0 Å². The fraction of sp³-hybridized carbons (Fsp3) is 0.0588. The van der Waals surface area contributed by atoms with Gasteiger partial charge < -0.3 is 14.7 Å². The van der Waals surface area contributed by atoms with Gasteiger partial charge >= 0.3 is 0 Å². The first-order valence-electron chi connectivity index (χ1n) is 7.15. The molecule has 5 nitrogen and oxygen atoms in total. The maximum absolute atomic E-state index is 6.06. The number of rotatable bonds is 4. The van der Waals surface area contributed by atoms with Crippen molar-refractivity contribution in [3.8, 4) is 0 Å². The molecule has 23 heavy (non-hydrogen) atoms. The Balaban J connectivity index is 1.81. The van der Waals surface area contributed by atoms with Gasteiger partial charge in [0.1, 0.15) is 11.8 Å². The predicted molar refractivity (Wildman–Crippen MR) is 89.5 cm³/mol. The van der Waals surface area contributed by atoms with Gasteiger partial charge in [-0.25, -0.2) is 9.97 Å². The zero-order chi connectivity index (χ0) is 15.6. The summed E-state index contributed by atoms with van der Waals surface area (Å²) in [6.07, 6.45) is 7.00. The van der Waals surface area contributed by atoms with Crippen molar-refractivity contribution < 1.29 is 4.42 Å².